The molecule has 9 heteroatoms. The first-order valence-corrected chi connectivity index (χ1v) is 11.4. The van der Waals surface area contributed by atoms with Gasteiger partial charge >= 0.3 is 6.03 Å². The summed E-state index contributed by atoms with van der Waals surface area (Å²) in [5.74, 6) is -1.31. The third kappa shape index (κ3) is 3.58. The van der Waals surface area contributed by atoms with Crippen LogP contribution >= 0.6 is 11.3 Å². The SMILES string of the molecule is Cc1nc(-c2ccc3c(c2)CCN3C(=O)CN2C(=O)NC(C)(c3ccc(F)cc3)C2=O)cs1. The maximum Gasteiger partial charge on any atom is 0.325 e. The summed E-state index contributed by atoms with van der Waals surface area (Å²) in [6, 6.07) is 10.6. The maximum atomic E-state index is 13.3. The molecular weight excluding hydrogens is 443 g/mol. The van der Waals surface area contributed by atoms with Gasteiger partial charge in [-0.05, 0) is 55.7 Å². The second-order valence-electron chi connectivity index (χ2n) is 8.34. The first-order chi connectivity index (χ1) is 15.8. The fourth-order valence-corrected chi connectivity index (χ4v) is 4.98. The van der Waals surface area contributed by atoms with Crippen LogP contribution in [0.4, 0.5) is 14.9 Å². The van der Waals surface area contributed by atoms with Gasteiger partial charge in [0.2, 0.25) is 5.91 Å². The van der Waals surface area contributed by atoms with Crippen LogP contribution in [-0.2, 0) is 21.5 Å². The van der Waals surface area contributed by atoms with E-state index in [1.807, 2.05) is 30.5 Å². The first-order valence-electron chi connectivity index (χ1n) is 10.5. The molecule has 33 heavy (non-hydrogen) atoms. The zero-order valence-electron chi connectivity index (χ0n) is 18.1. The lowest BCUT2D eigenvalue weighted by atomic mass is 9.92. The van der Waals surface area contributed by atoms with Crippen molar-refractivity contribution in [1.82, 2.24) is 15.2 Å². The summed E-state index contributed by atoms with van der Waals surface area (Å²) in [6.07, 6.45) is 0.686. The van der Waals surface area contributed by atoms with Crippen LogP contribution in [-0.4, -0.2) is 40.8 Å². The van der Waals surface area contributed by atoms with E-state index in [1.165, 1.54) is 24.3 Å². The number of aromatic nitrogens is 1. The Morgan fingerprint density at radius 1 is 1.21 bits per heavy atom. The Morgan fingerprint density at radius 3 is 2.67 bits per heavy atom. The number of aryl methyl sites for hydroxylation is 1. The maximum absolute atomic E-state index is 13.3. The Hall–Kier alpha value is -3.59. The number of benzene rings is 2. The minimum Gasteiger partial charge on any atom is -0.319 e. The van der Waals surface area contributed by atoms with Crippen LogP contribution < -0.4 is 10.2 Å². The van der Waals surface area contributed by atoms with Gasteiger partial charge < -0.3 is 10.2 Å². The summed E-state index contributed by atoms with van der Waals surface area (Å²) < 4.78 is 13.3. The summed E-state index contributed by atoms with van der Waals surface area (Å²) in [5.41, 5.74) is 2.81. The molecule has 1 unspecified atom stereocenters. The molecule has 1 fully saturated rings. The number of nitrogens with zero attached hydrogens (tertiary/aromatic N) is 3. The number of rotatable bonds is 4. The summed E-state index contributed by atoms with van der Waals surface area (Å²) >= 11 is 1.59. The van der Waals surface area contributed by atoms with Crippen molar-refractivity contribution in [2.75, 3.05) is 18.0 Å². The highest BCUT2D eigenvalue weighted by molar-refractivity contribution is 7.09. The molecule has 168 valence electrons. The summed E-state index contributed by atoms with van der Waals surface area (Å²) in [5, 5.41) is 5.64. The van der Waals surface area contributed by atoms with Gasteiger partial charge in [0.15, 0.2) is 0 Å². The van der Waals surface area contributed by atoms with Crippen LogP contribution in [0.15, 0.2) is 47.8 Å². The largest absolute Gasteiger partial charge is 0.325 e. The average molecular weight is 465 g/mol. The van der Waals surface area contributed by atoms with E-state index >= 15 is 0 Å². The molecule has 2 aliphatic heterocycles. The molecule has 1 N–H and O–H groups in total. The Balaban J connectivity index is 1.34. The van der Waals surface area contributed by atoms with E-state index in [2.05, 4.69) is 10.3 Å². The van der Waals surface area contributed by atoms with Crippen molar-refractivity contribution < 1.29 is 18.8 Å². The summed E-state index contributed by atoms with van der Waals surface area (Å²) in [7, 11) is 0. The van der Waals surface area contributed by atoms with Crippen molar-refractivity contribution in [3.8, 4) is 11.3 Å². The average Bonchev–Trinajstić information content (AvgIpc) is 3.47. The summed E-state index contributed by atoms with van der Waals surface area (Å²) in [6.45, 7) is 3.62. The number of fused-ring (bicyclic) bond motifs is 1. The summed E-state index contributed by atoms with van der Waals surface area (Å²) in [4.78, 5) is 45.8. The number of anilines is 1. The lowest BCUT2D eigenvalue weighted by Crippen LogP contribution is -2.44. The van der Waals surface area contributed by atoms with E-state index in [9.17, 15) is 18.8 Å². The molecule has 7 nitrogen and oxygen atoms in total. The predicted octanol–water partition coefficient (Wildman–Crippen LogP) is 3.61. The van der Waals surface area contributed by atoms with E-state index < -0.39 is 23.3 Å². The van der Waals surface area contributed by atoms with Crippen LogP contribution in [0.5, 0.6) is 0 Å². The van der Waals surface area contributed by atoms with E-state index in [0.717, 1.165) is 32.4 Å². The van der Waals surface area contributed by atoms with Gasteiger partial charge in [-0.3, -0.25) is 14.5 Å². The predicted molar refractivity (Wildman–Crippen MR) is 122 cm³/mol. The number of hydrogen-bond acceptors (Lipinski definition) is 5. The number of hydrogen-bond donors (Lipinski definition) is 1. The quantitative estimate of drug-likeness (QED) is 0.598. The molecule has 2 aromatic carbocycles. The Bertz CT molecular complexity index is 1290. The molecule has 3 heterocycles. The van der Waals surface area contributed by atoms with Crippen molar-refractivity contribution in [1.29, 1.82) is 0 Å². The number of imide groups is 1. The second kappa shape index (κ2) is 7.77. The van der Waals surface area contributed by atoms with Gasteiger partial charge in [-0.2, -0.15) is 0 Å². The molecule has 4 amide bonds. The smallest absolute Gasteiger partial charge is 0.319 e. The third-order valence-electron chi connectivity index (χ3n) is 6.18. The molecule has 1 saturated heterocycles. The number of amides is 4. The van der Waals surface area contributed by atoms with E-state index in [4.69, 9.17) is 0 Å². The fourth-order valence-electron chi connectivity index (χ4n) is 4.36. The molecule has 0 aliphatic carbocycles. The van der Waals surface area contributed by atoms with Gasteiger partial charge in [0.1, 0.15) is 17.9 Å². The minimum atomic E-state index is -1.35. The van der Waals surface area contributed by atoms with Gasteiger partial charge in [-0.1, -0.05) is 18.2 Å². The monoisotopic (exact) mass is 464 g/mol. The molecule has 1 atom stereocenters. The van der Waals surface area contributed by atoms with Crippen molar-refractivity contribution in [3.05, 3.63) is 69.8 Å². The van der Waals surface area contributed by atoms with Gasteiger partial charge in [0.05, 0.1) is 10.7 Å². The number of urea groups is 1. The molecular formula is C24H21FN4O3S. The van der Waals surface area contributed by atoms with E-state index in [1.54, 1.807) is 23.2 Å². The highest BCUT2D eigenvalue weighted by Gasteiger charge is 2.50. The van der Waals surface area contributed by atoms with Crippen molar-refractivity contribution in [2.45, 2.75) is 25.8 Å². The highest BCUT2D eigenvalue weighted by Crippen LogP contribution is 2.34. The Morgan fingerprint density at radius 2 is 1.97 bits per heavy atom. The molecule has 0 spiro atoms. The highest BCUT2D eigenvalue weighted by atomic mass is 32.1. The standard InChI is InChI=1S/C24H21FN4O3S/c1-14-26-19(13-33-14)15-3-8-20-16(11-15)9-10-28(20)21(30)12-29-22(31)24(2,27-23(29)32)17-4-6-18(25)7-5-17/h3-8,11,13H,9-10,12H2,1-2H3,(H,27,32). The van der Waals surface area contributed by atoms with Gasteiger partial charge in [0.25, 0.3) is 5.91 Å². The topological polar surface area (TPSA) is 82.6 Å². The minimum absolute atomic E-state index is 0.335. The van der Waals surface area contributed by atoms with Crippen LogP contribution in [0.1, 0.15) is 23.1 Å². The van der Waals surface area contributed by atoms with Crippen LogP contribution in [0, 0.1) is 12.7 Å². The zero-order valence-corrected chi connectivity index (χ0v) is 18.9. The van der Waals surface area contributed by atoms with Crippen molar-refractivity contribution in [3.63, 3.8) is 0 Å². The molecule has 2 aliphatic rings. The Kier molecular flexibility index (Phi) is 5.01. The van der Waals surface area contributed by atoms with E-state index in [0.29, 0.717) is 18.5 Å². The van der Waals surface area contributed by atoms with Crippen LogP contribution in [0.25, 0.3) is 11.3 Å². The number of halogens is 1. The van der Waals surface area contributed by atoms with Crippen LogP contribution in [0.3, 0.4) is 0 Å². The number of nitrogens with one attached hydrogen (secondary N) is 1. The van der Waals surface area contributed by atoms with Gasteiger partial charge in [-0.15, -0.1) is 11.3 Å². The number of carbonyl (C=O) groups is 3. The number of thiazole rings is 1. The Labute approximate surface area is 193 Å². The fraction of sp³-hybridized carbons (Fsp3) is 0.250. The molecule has 0 bridgehead atoms. The molecule has 0 radical (unpaired) electrons. The molecule has 3 aromatic rings. The molecule has 1 aromatic heterocycles. The zero-order chi connectivity index (χ0) is 23.3. The first kappa shape index (κ1) is 21.3. The normalized spacial score (nSPS) is 19.7. The van der Waals surface area contributed by atoms with E-state index in [-0.39, 0.29) is 12.5 Å². The van der Waals surface area contributed by atoms with Crippen molar-refractivity contribution >= 4 is 34.9 Å². The third-order valence-corrected chi connectivity index (χ3v) is 6.95. The second-order valence-corrected chi connectivity index (χ2v) is 9.41. The lowest BCUT2D eigenvalue weighted by molar-refractivity contribution is -0.134. The number of carbonyl (C=O) groups excluding carboxylic acids is 3. The van der Waals surface area contributed by atoms with Crippen LogP contribution in [0.2, 0.25) is 0 Å². The molecule has 5 rings (SSSR count). The molecule has 0 saturated carbocycles. The van der Waals surface area contributed by atoms with Gasteiger partial charge in [-0.25, -0.2) is 14.2 Å². The van der Waals surface area contributed by atoms with Gasteiger partial charge in [0, 0.05) is 23.2 Å². The lowest BCUT2D eigenvalue weighted by Gasteiger charge is -2.23. The van der Waals surface area contributed by atoms with Crippen molar-refractivity contribution in [2.24, 2.45) is 0 Å².